The molecule has 2 N–H and O–H groups in total. The predicted octanol–water partition coefficient (Wildman–Crippen LogP) is 2.46. The minimum Gasteiger partial charge on any atom is -0.496 e. The van der Waals surface area contributed by atoms with Crippen LogP contribution < -0.4 is 10.5 Å². The number of ether oxygens (including phenoxy) is 1. The van der Waals surface area contributed by atoms with Gasteiger partial charge >= 0.3 is 0 Å². The van der Waals surface area contributed by atoms with E-state index < -0.39 is 0 Å². The number of methoxy groups -OCH3 is 1. The smallest absolute Gasteiger partial charge is 0.124 e. The van der Waals surface area contributed by atoms with E-state index in [0.717, 1.165) is 33.8 Å². The zero-order chi connectivity index (χ0) is 14.0. The Labute approximate surface area is 113 Å². The lowest BCUT2D eigenvalue weighted by molar-refractivity contribution is 0.406. The molecule has 0 saturated heterocycles. The number of nitrogens with two attached hydrogens (primary N) is 1. The quantitative estimate of drug-likeness (QED) is 0.917. The van der Waals surface area contributed by atoms with Gasteiger partial charge in [-0.1, -0.05) is 6.07 Å². The van der Waals surface area contributed by atoms with Crippen LogP contribution in [0.2, 0.25) is 0 Å². The number of aryl methyl sites for hydroxylation is 3. The molecule has 2 rings (SSSR count). The minimum absolute atomic E-state index is 0.330. The highest BCUT2D eigenvalue weighted by molar-refractivity contribution is 5.47. The standard InChI is InChI=1S/C15H19N3O/c1-9-5-10(2)14(13(6-9)19-4)15(16)12-8-17-11(3)7-18-12/h5-8,15H,16H2,1-4H3. The molecule has 100 valence electrons. The van der Waals surface area contributed by atoms with Gasteiger partial charge in [-0.3, -0.25) is 9.97 Å². The van der Waals surface area contributed by atoms with E-state index in [9.17, 15) is 0 Å². The van der Waals surface area contributed by atoms with Crippen molar-refractivity contribution in [2.75, 3.05) is 7.11 Å². The van der Waals surface area contributed by atoms with Crippen LogP contribution in [0, 0.1) is 20.8 Å². The molecular formula is C15H19N3O. The second kappa shape index (κ2) is 5.36. The third-order valence-electron chi connectivity index (χ3n) is 3.14. The maximum atomic E-state index is 6.31. The Morgan fingerprint density at radius 3 is 2.42 bits per heavy atom. The Bertz CT molecular complexity index is 579. The second-order valence-corrected chi connectivity index (χ2v) is 4.76. The van der Waals surface area contributed by atoms with Gasteiger partial charge in [-0.2, -0.15) is 0 Å². The van der Waals surface area contributed by atoms with Gasteiger partial charge in [0.15, 0.2) is 0 Å². The molecule has 2 aromatic rings. The Hall–Kier alpha value is -1.94. The summed E-state index contributed by atoms with van der Waals surface area (Å²) in [4.78, 5) is 8.60. The van der Waals surface area contributed by atoms with E-state index in [4.69, 9.17) is 10.5 Å². The third kappa shape index (κ3) is 2.74. The fraction of sp³-hybridized carbons (Fsp3) is 0.333. The first-order chi connectivity index (χ1) is 9.02. The Morgan fingerprint density at radius 2 is 1.84 bits per heavy atom. The number of benzene rings is 1. The van der Waals surface area contributed by atoms with E-state index in [0.29, 0.717) is 0 Å². The highest BCUT2D eigenvalue weighted by atomic mass is 16.5. The maximum absolute atomic E-state index is 6.31. The molecule has 0 bridgehead atoms. The summed E-state index contributed by atoms with van der Waals surface area (Å²) >= 11 is 0. The fourth-order valence-electron chi connectivity index (χ4n) is 2.22. The van der Waals surface area contributed by atoms with Crippen molar-refractivity contribution >= 4 is 0 Å². The van der Waals surface area contributed by atoms with Crippen molar-refractivity contribution in [1.29, 1.82) is 0 Å². The molecule has 4 nitrogen and oxygen atoms in total. The highest BCUT2D eigenvalue weighted by Gasteiger charge is 2.18. The van der Waals surface area contributed by atoms with Crippen molar-refractivity contribution in [1.82, 2.24) is 9.97 Å². The Morgan fingerprint density at radius 1 is 1.11 bits per heavy atom. The first-order valence-electron chi connectivity index (χ1n) is 6.22. The van der Waals surface area contributed by atoms with Crippen LogP contribution in [0.5, 0.6) is 5.75 Å². The number of hydrogen-bond acceptors (Lipinski definition) is 4. The molecule has 0 radical (unpaired) electrons. The maximum Gasteiger partial charge on any atom is 0.124 e. The van der Waals surface area contributed by atoms with Crippen LogP contribution in [-0.2, 0) is 0 Å². The summed E-state index contributed by atoms with van der Waals surface area (Å²) in [6.07, 6.45) is 3.45. The molecule has 1 aromatic carbocycles. The van der Waals surface area contributed by atoms with Gasteiger partial charge in [-0.25, -0.2) is 0 Å². The van der Waals surface area contributed by atoms with E-state index in [-0.39, 0.29) is 6.04 Å². The molecule has 0 spiro atoms. The van der Waals surface area contributed by atoms with Crippen LogP contribution in [-0.4, -0.2) is 17.1 Å². The normalized spacial score (nSPS) is 12.3. The summed E-state index contributed by atoms with van der Waals surface area (Å²) < 4.78 is 5.45. The molecule has 1 atom stereocenters. The lowest BCUT2D eigenvalue weighted by Gasteiger charge is -2.18. The molecule has 1 unspecified atom stereocenters. The highest BCUT2D eigenvalue weighted by Crippen LogP contribution is 2.31. The van der Waals surface area contributed by atoms with E-state index in [2.05, 4.69) is 16.0 Å². The van der Waals surface area contributed by atoms with Gasteiger partial charge in [0, 0.05) is 11.8 Å². The molecule has 0 aliphatic heterocycles. The third-order valence-corrected chi connectivity index (χ3v) is 3.14. The van der Waals surface area contributed by atoms with Crippen LogP contribution in [0.3, 0.4) is 0 Å². The molecular weight excluding hydrogens is 238 g/mol. The lowest BCUT2D eigenvalue weighted by atomic mass is 9.96. The van der Waals surface area contributed by atoms with Crippen molar-refractivity contribution in [3.8, 4) is 5.75 Å². The van der Waals surface area contributed by atoms with Gasteiger partial charge in [0.25, 0.3) is 0 Å². The van der Waals surface area contributed by atoms with E-state index in [1.807, 2.05) is 26.8 Å². The second-order valence-electron chi connectivity index (χ2n) is 4.76. The SMILES string of the molecule is COc1cc(C)cc(C)c1C(N)c1cnc(C)cn1. The van der Waals surface area contributed by atoms with Crippen molar-refractivity contribution in [2.24, 2.45) is 5.73 Å². The zero-order valence-corrected chi connectivity index (χ0v) is 11.8. The van der Waals surface area contributed by atoms with E-state index in [1.165, 1.54) is 0 Å². The lowest BCUT2D eigenvalue weighted by Crippen LogP contribution is -2.16. The molecule has 19 heavy (non-hydrogen) atoms. The summed E-state index contributed by atoms with van der Waals surface area (Å²) in [5, 5.41) is 0. The largest absolute Gasteiger partial charge is 0.496 e. The zero-order valence-electron chi connectivity index (χ0n) is 11.8. The summed E-state index contributed by atoms with van der Waals surface area (Å²) in [5.41, 5.74) is 11.2. The molecule has 0 amide bonds. The first-order valence-corrected chi connectivity index (χ1v) is 6.22. The Kier molecular flexibility index (Phi) is 3.81. The topological polar surface area (TPSA) is 61.0 Å². The number of nitrogens with zero attached hydrogens (tertiary/aromatic N) is 2. The molecule has 0 aliphatic rings. The minimum atomic E-state index is -0.330. The van der Waals surface area contributed by atoms with Gasteiger partial charge in [0.2, 0.25) is 0 Å². The summed E-state index contributed by atoms with van der Waals surface area (Å²) in [6, 6.07) is 3.76. The first kappa shape index (κ1) is 13.5. The van der Waals surface area contributed by atoms with Crippen molar-refractivity contribution in [3.05, 3.63) is 52.6 Å². The summed E-state index contributed by atoms with van der Waals surface area (Å²) in [5.74, 6) is 0.798. The van der Waals surface area contributed by atoms with Crippen LogP contribution in [0.4, 0.5) is 0 Å². The van der Waals surface area contributed by atoms with Gasteiger partial charge in [0.05, 0.1) is 30.7 Å². The summed E-state index contributed by atoms with van der Waals surface area (Å²) in [7, 11) is 1.66. The average molecular weight is 257 g/mol. The fourth-order valence-corrected chi connectivity index (χ4v) is 2.22. The molecule has 0 saturated carbocycles. The van der Waals surface area contributed by atoms with Crippen LogP contribution in [0.1, 0.15) is 34.1 Å². The van der Waals surface area contributed by atoms with Crippen LogP contribution in [0.15, 0.2) is 24.5 Å². The molecule has 1 aromatic heterocycles. The predicted molar refractivity (Wildman–Crippen MR) is 75.3 cm³/mol. The van der Waals surface area contributed by atoms with Gasteiger partial charge < -0.3 is 10.5 Å². The van der Waals surface area contributed by atoms with Crippen LogP contribution in [0.25, 0.3) is 0 Å². The van der Waals surface area contributed by atoms with E-state index >= 15 is 0 Å². The van der Waals surface area contributed by atoms with Gasteiger partial charge in [-0.15, -0.1) is 0 Å². The molecule has 0 fully saturated rings. The number of aromatic nitrogens is 2. The van der Waals surface area contributed by atoms with Crippen molar-refractivity contribution < 1.29 is 4.74 Å². The number of rotatable bonds is 3. The molecule has 0 aliphatic carbocycles. The van der Waals surface area contributed by atoms with Crippen molar-refractivity contribution in [3.63, 3.8) is 0 Å². The number of hydrogen-bond donors (Lipinski definition) is 1. The van der Waals surface area contributed by atoms with Crippen molar-refractivity contribution in [2.45, 2.75) is 26.8 Å². The van der Waals surface area contributed by atoms with Gasteiger partial charge in [-0.05, 0) is 38.0 Å². The van der Waals surface area contributed by atoms with Gasteiger partial charge in [0.1, 0.15) is 5.75 Å². The van der Waals surface area contributed by atoms with E-state index in [1.54, 1.807) is 19.5 Å². The average Bonchev–Trinajstić information content (AvgIpc) is 2.38. The Balaban J connectivity index is 2.49. The monoisotopic (exact) mass is 257 g/mol. The van der Waals surface area contributed by atoms with Crippen LogP contribution >= 0.6 is 0 Å². The molecule has 1 heterocycles. The molecule has 4 heteroatoms. The summed E-state index contributed by atoms with van der Waals surface area (Å²) in [6.45, 7) is 5.98.